The molecular formula is C13H22BrN3O. The third-order valence-electron chi connectivity index (χ3n) is 4.08. The maximum atomic E-state index is 9.73. The lowest BCUT2D eigenvalue weighted by molar-refractivity contribution is 0.118. The number of likely N-dealkylation sites (N-methyl/N-ethyl adjacent to an activating group) is 1. The molecule has 4 nitrogen and oxygen atoms in total. The number of rotatable bonds is 6. The third-order valence-corrected chi connectivity index (χ3v) is 4.49. The predicted octanol–water partition coefficient (Wildman–Crippen LogP) is 2.18. The van der Waals surface area contributed by atoms with Crippen molar-refractivity contribution in [1.82, 2.24) is 15.1 Å². The van der Waals surface area contributed by atoms with E-state index in [0.29, 0.717) is 5.92 Å². The van der Waals surface area contributed by atoms with Gasteiger partial charge in [0.2, 0.25) is 0 Å². The average molecular weight is 316 g/mol. The summed E-state index contributed by atoms with van der Waals surface area (Å²) in [4.78, 5) is 0. The minimum atomic E-state index is -0.0564. The van der Waals surface area contributed by atoms with Gasteiger partial charge in [0.05, 0.1) is 17.3 Å². The molecule has 2 unspecified atom stereocenters. The van der Waals surface area contributed by atoms with Crippen LogP contribution in [0, 0.1) is 5.92 Å². The summed E-state index contributed by atoms with van der Waals surface area (Å²) in [5, 5.41) is 17.5. The van der Waals surface area contributed by atoms with Crippen molar-refractivity contribution >= 4 is 15.9 Å². The summed E-state index contributed by atoms with van der Waals surface area (Å²) in [6.45, 7) is 4.19. The number of nitrogens with one attached hydrogen (secondary N) is 1. The second-order valence-electron chi connectivity index (χ2n) is 5.14. The minimum Gasteiger partial charge on any atom is -0.394 e. The van der Waals surface area contributed by atoms with Gasteiger partial charge in [-0.05, 0) is 47.7 Å². The molecule has 1 aromatic rings. The maximum absolute atomic E-state index is 9.73. The van der Waals surface area contributed by atoms with Gasteiger partial charge in [-0.15, -0.1) is 0 Å². The van der Waals surface area contributed by atoms with Gasteiger partial charge in [0.25, 0.3) is 0 Å². The van der Waals surface area contributed by atoms with Crippen molar-refractivity contribution in [2.24, 2.45) is 5.92 Å². The van der Waals surface area contributed by atoms with Crippen molar-refractivity contribution in [3.63, 3.8) is 0 Å². The molecule has 1 fully saturated rings. The molecule has 0 amide bonds. The van der Waals surface area contributed by atoms with Crippen LogP contribution in [0.2, 0.25) is 0 Å². The predicted molar refractivity (Wildman–Crippen MR) is 75.4 cm³/mol. The molecule has 0 bridgehead atoms. The van der Waals surface area contributed by atoms with E-state index in [-0.39, 0.29) is 12.1 Å². The molecule has 1 aromatic heterocycles. The highest BCUT2D eigenvalue weighted by Crippen LogP contribution is 2.37. The van der Waals surface area contributed by atoms with Gasteiger partial charge in [0.15, 0.2) is 0 Å². The van der Waals surface area contributed by atoms with Gasteiger partial charge in [-0.1, -0.05) is 13.3 Å². The number of hydrogen-bond donors (Lipinski definition) is 2. The van der Waals surface area contributed by atoms with E-state index in [2.05, 4.69) is 33.3 Å². The summed E-state index contributed by atoms with van der Waals surface area (Å²) in [5.41, 5.74) is -0.0564. The zero-order valence-corrected chi connectivity index (χ0v) is 12.5. The Bertz CT molecular complexity index is 382. The van der Waals surface area contributed by atoms with Crippen LogP contribution in [-0.2, 0) is 6.54 Å². The molecule has 2 N–H and O–H groups in total. The number of aliphatic hydroxyl groups excluding tert-OH is 1. The Morgan fingerprint density at radius 2 is 2.50 bits per heavy atom. The summed E-state index contributed by atoms with van der Waals surface area (Å²) >= 11 is 3.41. The van der Waals surface area contributed by atoms with Crippen LogP contribution in [0.5, 0.6) is 0 Å². The van der Waals surface area contributed by atoms with E-state index in [1.165, 1.54) is 12.8 Å². The first-order valence-electron chi connectivity index (χ1n) is 6.74. The van der Waals surface area contributed by atoms with Gasteiger partial charge >= 0.3 is 0 Å². The number of aliphatic hydroxyl groups is 1. The molecule has 2 atom stereocenters. The SMILES string of the molecule is CCNC1(CO)CCCC1CCn1cc(Br)cn1. The van der Waals surface area contributed by atoms with Crippen LogP contribution in [0.1, 0.15) is 32.6 Å². The maximum Gasteiger partial charge on any atom is 0.0632 e. The molecule has 102 valence electrons. The van der Waals surface area contributed by atoms with Gasteiger partial charge in [-0.3, -0.25) is 4.68 Å². The molecule has 18 heavy (non-hydrogen) atoms. The largest absolute Gasteiger partial charge is 0.394 e. The van der Waals surface area contributed by atoms with Gasteiger partial charge in [-0.2, -0.15) is 5.10 Å². The molecule has 1 heterocycles. The van der Waals surface area contributed by atoms with Gasteiger partial charge in [0.1, 0.15) is 0 Å². The molecule has 5 heteroatoms. The molecule has 2 rings (SSSR count). The van der Waals surface area contributed by atoms with Crippen LogP contribution in [-0.4, -0.2) is 33.6 Å². The molecule has 1 aliphatic carbocycles. The van der Waals surface area contributed by atoms with E-state index in [1.807, 2.05) is 17.1 Å². The number of aryl methyl sites for hydroxylation is 1. The summed E-state index contributed by atoms with van der Waals surface area (Å²) in [6, 6.07) is 0. The summed E-state index contributed by atoms with van der Waals surface area (Å²) in [7, 11) is 0. The van der Waals surface area contributed by atoms with Crippen molar-refractivity contribution in [2.75, 3.05) is 13.2 Å². The highest BCUT2D eigenvalue weighted by molar-refractivity contribution is 9.10. The van der Waals surface area contributed by atoms with Crippen LogP contribution in [0.15, 0.2) is 16.9 Å². The molecular weight excluding hydrogens is 294 g/mol. The molecule has 0 spiro atoms. The van der Waals surface area contributed by atoms with Crippen LogP contribution >= 0.6 is 15.9 Å². The van der Waals surface area contributed by atoms with Crippen LogP contribution in [0.25, 0.3) is 0 Å². The van der Waals surface area contributed by atoms with Gasteiger partial charge in [0, 0.05) is 18.3 Å². The average Bonchev–Trinajstić information content (AvgIpc) is 2.94. The second-order valence-corrected chi connectivity index (χ2v) is 6.06. The first-order valence-corrected chi connectivity index (χ1v) is 7.53. The normalized spacial score (nSPS) is 27.8. The van der Waals surface area contributed by atoms with Crippen LogP contribution in [0.3, 0.4) is 0 Å². The Hall–Kier alpha value is -0.390. The topological polar surface area (TPSA) is 50.1 Å². The number of nitrogens with zero attached hydrogens (tertiary/aromatic N) is 2. The second kappa shape index (κ2) is 6.17. The fourth-order valence-electron chi connectivity index (χ4n) is 3.16. The van der Waals surface area contributed by atoms with Crippen LogP contribution in [0.4, 0.5) is 0 Å². The van der Waals surface area contributed by atoms with E-state index in [1.54, 1.807) is 0 Å². The zero-order valence-electron chi connectivity index (χ0n) is 10.9. The van der Waals surface area contributed by atoms with E-state index < -0.39 is 0 Å². The van der Waals surface area contributed by atoms with Crippen LogP contribution < -0.4 is 5.32 Å². The molecule has 1 aliphatic rings. The Balaban J connectivity index is 1.95. The van der Waals surface area contributed by atoms with E-state index in [0.717, 1.165) is 30.4 Å². The molecule has 0 radical (unpaired) electrons. The van der Waals surface area contributed by atoms with Crippen molar-refractivity contribution in [2.45, 2.75) is 44.7 Å². The number of aromatic nitrogens is 2. The van der Waals surface area contributed by atoms with Crippen molar-refractivity contribution < 1.29 is 5.11 Å². The Morgan fingerprint density at radius 1 is 1.67 bits per heavy atom. The lowest BCUT2D eigenvalue weighted by Crippen LogP contribution is -2.51. The van der Waals surface area contributed by atoms with E-state index in [9.17, 15) is 5.11 Å². The smallest absolute Gasteiger partial charge is 0.0632 e. The Labute approximate surface area is 117 Å². The first kappa shape index (κ1) is 14.0. The van der Waals surface area contributed by atoms with Gasteiger partial charge in [-0.25, -0.2) is 0 Å². The summed E-state index contributed by atoms with van der Waals surface area (Å²) < 4.78 is 2.99. The summed E-state index contributed by atoms with van der Waals surface area (Å²) in [6.07, 6.45) is 8.39. The van der Waals surface area contributed by atoms with Gasteiger partial charge < -0.3 is 10.4 Å². The molecule has 1 saturated carbocycles. The molecule has 0 aromatic carbocycles. The highest BCUT2D eigenvalue weighted by atomic mass is 79.9. The van der Waals surface area contributed by atoms with Crippen molar-refractivity contribution in [1.29, 1.82) is 0 Å². The van der Waals surface area contributed by atoms with E-state index >= 15 is 0 Å². The van der Waals surface area contributed by atoms with Crippen molar-refractivity contribution in [3.8, 4) is 0 Å². The Kier molecular flexibility index (Phi) is 4.81. The zero-order chi connectivity index (χ0) is 13.0. The Morgan fingerprint density at radius 3 is 3.11 bits per heavy atom. The standard InChI is InChI=1S/C13H22BrN3O/c1-2-15-13(10-18)6-3-4-11(13)5-7-17-9-12(14)8-16-17/h8-9,11,15,18H,2-7,10H2,1H3. The first-order chi connectivity index (χ1) is 8.70. The molecule has 0 saturated heterocycles. The fourth-order valence-corrected chi connectivity index (χ4v) is 3.49. The summed E-state index contributed by atoms with van der Waals surface area (Å²) in [5.74, 6) is 0.547. The highest BCUT2D eigenvalue weighted by Gasteiger charge is 2.41. The van der Waals surface area contributed by atoms with E-state index in [4.69, 9.17) is 0 Å². The monoisotopic (exact) mass is 315 g/mol. The minimum absolute atomic E-state index is 0.0564. The molecule has 0 aliphatic heterocycles. The third kappa shape index (κ3) is 2.95. The fraction of sp³-hybridized carbons (Fsp3) is 0.769. The van der Waals surface area contributed by atoms with Crippen molar-refractivity contribution in [3.05, 3.63) is 16.9 Å². The number of halogens is 1. The number of hydrogen-bond acceptors (Lipinski definition) is 3. The quantitative estimate of drug-likeness (QED) is 0.846. The lowest BCUT2D eigenvalue weighted by Gasteiger charge is -2.35. The lowest BCUT2D eigenvalue weighted by atomic mass is 9.85.